The average Bonchev–Trinajstić information content (AvgIpc) is 3.07. The van der Waals surface area contributed by atoms with Gasteiger partial charge < -0.3 is 25.5 Å². The topological polar surface area (TPSA) is 186 Å². The Bertz CT molecular complexity index is 660. The molecular formula is C40H84O10Sn2. The van der Waals surface area contributed by atoms with E-state index in [1.54, 1.807) is 0 Å². The standard InChI is InChI=1S/5C8H16O2.2Sn.4H/c5*1-3-5-6-7(4-2)8(9)10;;;;;;/h5*7H,3-6H2,1-2H3,(H,9,10);;;;;;. The molecule has 0 saturated heterocycles. The molecule has 0 amide bonds. The van der Waals surface area contributed by atoms with Crippen molar-refractivity contribution < 1.29 is 49.5 Å². The van der Waals surface area contributed by atoms with Crippen molar-refractivity contribution in [1.82, 2.24) is 0 Å². The molecule has 0 spiro atoms. The molecule has 5 unspecified atom stereocenters. The van der Waals surface area contributed by atoms with Crippen LogP contribution in [0.4, 0.5) is 0 Å². The van der Waals surface area contributed by atoms with E-state index in [0.29, 0.717) is 0 Å². The summed E-state index contributed by atoms with van der Waals surface area (Å²) < 4.78 is 0. The third-order valence-electron chi connectivity index (χ3n) is 8.74. The Labute approximate surface area is 352 Å². The van der Waals surface area contributed by atoms with Crippen molar-refractivity contribution in [3.8, 4) is 0 Å². The fourth-order valence-corrected chi connectivity index (χ4v) is 4.76. The first-order chi connectivity index (χ1) is 23.6. The zero-order valence-electron chi connectivity index (χ0n) is 35.2. The van der Waals surface area contributed by atoms with Crippen LogP contribution < -0.4 is 0 Å². The van der Waals surface area contributed by atoms with Crippen LogP contribution in [0.15, 0.2) is 0 Å². The number of rotatable bonds is 25. The zero-order valence-corrected chi connectivity index (χ0v) is 43.3. The molecule has 312 valence electrons. The summed E-state index contributed by atoms with van der Waals surface area (Å²) in [5.74, 6) is -3.77. The van der Waals surface area contributed by atoms with Crippen LogP contribution in [0.3, 0.4) is 0 Å². The van der Waals surface area contributed by atoms with E-state index in [1.807, 2.05) is 34.6 Å². The molecule has 0 aromatic heterocycles. The summed E-state index contributed by atoms with van der Waals surface area (Å²) in [6.07, 6.45) is 18.6. The summed E-state index contributed by atoms with van der Waals surface area (Å²) in [7, 11) is 0. The van der Waals surface area contributed by atoms with Crippen LogP contribution in [0.25, 0.3) is 0 Å². The van der Waals surface area contributed by atoms with Gasteiger partial charge in [-0.1, -0.05) is 133 Å². The van der Waals surface area contributed by atoms with Crippen LogP contribution in [0.2, 0.25) is 0 Å². The predicted octanol–water partition coefficient (Wildman–Crippen LogP) is 9.60. The van der Waals surface area contributed by atoms with E-state index < -0.39 is 29.8 Å². The van der Waals surface area contributed by atoms with E-state index in [0.717, 1.165) is 128 Å². The van der Waals surface area contributed by atoms with Crippen LogP contribution in [-0.4, -0.2) is 103 Å². The molecule has 0 aliphatic rings. The summed E-state index contributed by atoms with van der Waals surface area (Å²) in [6, 6.07) is 0. The van der Waals surface area contributed by atoms with E-state index in [9.17, 15) is 24.0 Å². The van der Waals surface area contributed by atoms with Crippen molar-refractivity contribution in [2.75, 3.05) is 0 Å². The molecule has 0 aliphatic carbocycles. The fraction of sp³-hybridized carbons (Fsp3) is 0.875. The van der Waals surface area contributed by atoms with Gasteiger partial charge in [0, 0.05) is 0 Å². The number of hydrogen-bond acceptors (Lipinski definition) is 5. The van der Waals surface area contributed by atoms with E-state index in [-0.39, 0.29) is 77.4 Å². The van der Waals surface area contributed by atoms with Crippen molar-refractivity contribution in [2.45, 2.75) is 198 Å². The molecule has 0 bridgehead atoms. The first-order valence-corrected chi connectivity index (χ1v) is 19.7. The predicted molar refractivity (Wildman–Crippen MR) is 222 cm³/mol. The Hall–Kier alpha value is -1.05. The molecule has 5 N–H and O–H groups in total. The van der Waals surface area contributed by atoms with Gasteiger partial charge in [0.05, 0.1) is 29.6 Å². The van der Waals surface area contributed by atoms with Gasteiger partial charge in [0.1, 0.15) is 0 Å². The second kappa shape index (κ2) is 49.9. The molecule has 10 nitrogen and oxygen atoms in total. The summed E-state index contributed by atoms with van der Waals surface area (Å²) >= 11 is 0. The van der Waals surface area contributed by atoms with Crippen molar-refractivity contribution >= 4 is 77.7 Å². The summed E-state index contributed by atoms with van der Waals surface area (Å²) in [6.45, 7) is 20.0. The van der Waals surface area contributed by atoms with Crippen LogP contribution in [0, 0.1) is 29.6 Å². The molecule has 0 aliphatic heterocycles. The van der Waals surface area contributed by atoms with E-state index in [2.05, 4.69) is 34.6 Å². The Morgan fingerprint density at radius 1 is 0.308 bits per heavy atom. The summed E-state index contributed by atoms with van der Waals surface area (Å²) in [4.78, 5) is 52.2. The molecule has 0 aromatic rings. The van der Waals surface area contributed by atoms with Crippen LogP contribution in [0.5, 0.6) is 0 Å². The second-order valence-corrected chi connectivity index (χ2v) is 12.9. The van der Waals surface area contributed by atoms with Gasteiger partial charge in [-0.3, -0.25) is 24.0 Å². The number of unbranched alkanes of at least 4 members (excludes halogenated alkanes) is 5. The normalized spacial score (nSPS) is 12.5. The van der Waals surface area contributed by atoms with Crippen LogP contribution >= 0.6 is 0 Å². The molecule has 12 heteroatoms. The monoisotopic (exact) mass is 964 g/mol. The van der Waals surface area contributed by atoms with Gasteiger partial charge in [-0.2, -0.15) is 0 Å². The quantitative estimate of drug-likeness (QED) is 0.0552. The van der Waals surface area contributed by atoms with Crippen molar-refractivity contribution in [1.29, 1.82) is 0 Å². The third kappa shape index (κ3) is 47.0. The molecule has 0 aromatic carbocycles. The van der Waals surface area contributed by atoms with E-state index in [1.165, 1.54) is 0 Å². The number of carboxylic acids is 5. The van der Waals surface area contributed by atoms with Crippen molar-refractivity contribution in [3.05, 3.63) is 0 Å². The molecular weight excluding hydrogens is 878 g/mol. The van der Waals surface area contributed by atoms with Crippen molar-refractivity contribution in [2.24, 2.45) is 29.6 Å². The number of carbonyl (C=O) groups is 5. The Kier molecular flexibility index (Phi) is 63.2. The maximum absolute atomic E-state index is 10.4. The molecule has 4 radical (unpaired) electrons. The third-order valence-corrected chi connectivity index (χ3v) is 8.74. The Balaban J connectivity index is -0.0000000964. The van der Waals surface area contributed by atoms with Gasteiger partial charge >= 0.3 is 77.7 Å². The molecule has 0 fully saturated rings. The minimum absolute atomic E-state index is 0. The molecule has 0 rings (SSSR count). The van der Waals surface area contributed by atoms with E-state index in [4.69, 9.17) is 25.5 Å². The Morgan fingerprint density at radius 2 is 0.423 bits per heavy atom. The first-order valence-electron chi connectivity index (χ1n) is 19.7. The molecule has 0 heterocycles. The SMILES string of the molecule is CCCCC(CC)C(=O)O.CCCCC(CC)C(=O)O.CCCCC(CC)C(=O)O.CCCCC(CC)C(=O)O.CCCCC(CC)C(=O)O.[SnH2].[SnH2]. The number of aliphatic carboxylic acids is 5. The molecule has 5 atom stereocenters. The van der Waals surface area contributed by atoms with Gasteiger partial charge in [-0.25, -0.2) is 0 Å². The second-order valence-electron chi connectivity index (χ2n) is 12.9. The fourth-order valence-electron chi connectivity index (χ4n) is 4.76. The van der Waals surface area contributed by atoms with Gasteiger partial charge in [0.15, 0.2) is 0 Å². The van der Waals surface area contributed by atoms with Gasteiger partial charge in [-0.05, 0) is 64.2 Å². The maximum atomic E-state index is 10.4. The van der Waals surface area contributed by atoms with E-state index >= 15 is 0 Å². The number of hydrogen-bond donors (Lipinski definition) is 5. The van der Waals surface area contributed by atoms with Crippen LogP contribution in [0.1, 0.15) is 198 Å². The van der Waals surface area contributed by atoms with Crippen LogP contribution in [-0.2, 0) is 24.0 Å². The van der Waals surface area contributed by atoms with Gasteiger partial charge in [0.2, 0.25) is 0 Å². The minimum atomic E-state index is -0.643. The summed E-state index contributed by atoms with van der Waals surface area (Å²) in [5, 5.41) is 43.0. The summed E-state index contributed by atoms with van der Waals surface area (Å²) in [5.41, 5.74) is 0. The molecule has 0 saturated carbocycles. The van der Waals surface area contributed by atoms with Gasteiger partial charge in [-0.15, -0.1) is 0 Å². The first kappa shape index (κ1) is 65.8. The molecule has 52 heavy (non-hydrogen) atoms. The average molecular weight is 963 g/mol. The Morgan fingerprint density at radius 3 is 0.481 bits per heavy atom. The zero-order chi connectivity index (χ0) is 39.9. The number of carboxylic acid groups (broad SMARTS) is 5. The van der Waals surface area contributed by atoms with Gasteiger partial charge in [0.25, 0.3) is 0 Å². The van der Waals surface area contributed by atoms with Crippen molar-refractivity contribution in [3.63, 3.8) is 0 Å².